The number of nitrogens with one attached hydrogen (secondary N) is 1. The van der Waals surface area contributed by atoms with Gasteiger partial charge in [0.25, 0.3) is 0 Å². The zero-order valence-corrected chi connectivity index (χ0v) is 10.9. The molecule has 0 aliphatic carbocycles. The molecule has 1 aliphatic rings. The molecule has 1 amide bonds. The van der Waals surface area contributed by atoms with Crippen molar-refractivity contribution in [2.75, 3.05) is 24.5 Å². The number of carbonyl (C=O) groups is 1. The first-order chi connectivity index (χ1) is 8.77. The Labute approximate surface area is 108 Å². The molecule has 18 heavy (non-hydrogen) atoms. The average Bonchev–Trinajstić information content (AvgIpc) is 2.88. The molecule has 0 unspecified atom stereocenters. The van der Waals surface area contributed by atoms with Crippen LogP contribution in [-0.4, -0.2) is 25.5 Å². The summed E-state index contributed by atoms with van der Waals surface area (Å²) < 4.78 is 0. The maximum atomic E-state index is 10.8. The number of para-hydroxylation sites is 1. The minimum Gasteiger partial charge on any atom is -0.371 e. The lowest BCUT2D eigenvalue weighted by molar-refractivity contribution is -0.118. The van der Waals surface area contributed by atoms with E-state index < -0.39 is 0 Å². The van der Waals surface area contributed by atoms with Gasteiger partial charge in [-0.15, -0.1) is 0 Å². The van der Waals surface area contributed by atoms with Crippen LogP contribution >= 0.6 is 0 Å². The maximum Gasteiger partial charge on any atom is 0.217 e. The van der Waals surface area contributed by atoms with Crippen molar-refractivity contribution in [3.8, 4) is 0 Å². The smallest absolute Gasteiger partial charge is 0.217 e. The van der Waals surface area contributed by atoms with Crippen LogP contribution in [0.4, 0.5) is 5.69 Å². The summed E-state index contributed by atoms with van der Waals surface area (Å²) in [6.45, 7) is 4.42. The highest BCUT2D eigenvalue weighted by Crippen LogP contribution is 2.25. The number of rotatable bonds is 4. The van der Waals surface area contributed by atoms with Crippen molar-refractivity contribution in [3.63, 3.8) is 0 Å². The molecule has 3 nitrogen and oxygen atoms in total. The van der Waals surface area contributed by atoms with E-state index in [2.05, 4.69) is 40.6 Å². The first-order valence-corrected chi connectivity index (χ1v) is 6.52. The first kappa shape index (κ1) is 12.7. The predicted molar refractivity (Wildman–Crippen MR) is 75.6 cm³/mol. The Balaban J connectivity index is 2.05. The molecule has 0 spiro atoms. The van der Waals surface area contributed by atoms with E-state index in [1.165, 1.54) is 31.0 Å². The second-order valence-corrected chi connectivity index (χ2v) is 4.59. The van der Waals surface area contributed by atoms with Crippen LogP contribution in [0.3, 0.4) is 0 Å². The number of hydrogen-bond acceptors (Lipinski definition) is 2. The number of hydrogen-bond donors (Lipinski definition) is 1. The van der Waals surface area contributed by atoms with Gasteiger partial charge in [0.05, 0.1) is 0 Å². The van der Waals surface area contributed by atoms with E-state index in [4.69, 9.17) is 0 Å². The van der Waals surface area contributed by atoms with Crippen molar-refractivity contribution >= 4 is 17.7 Å². The highest BCUT2D eigenvalue weighted by Gasteiger charge is 2.13. The topological polar surface area (TPSA) is 32.3 Å². The molecule has 1 aromatic carbocycles. The molecule has 1 N–H and O–H groups in total. The maximum absolute atomic E-state index is 10.8. The third-order valence-corrected chi connectivity index (χ3v) is 3.15. The molecule has 96 valence electrons. The average molecular weight is 244 g/mol. The van der Waals surface area contributed by atoms with E-state index >= 15 is 0 Å². The number of amides is 1. The molecule has 3 heteroatoms. The molecule has 1 heterocycles. The quantitative estimate of drug-likeness (QED) is 0.882. The van der Waals surface area contributed by atoms with Crippen molar-refractivity contribution in [1.82, 2.24) is 5.32 Å². The van der Waals surface area contributed by atoms with E-state index in [9.17, 15) is 4.79 Å². The first-order valence-electron chi connectivity index (χ1n) is 6.52. The summed E-state index contributed by atoms with van der Waals surface area (Å²) in [5.74, 6) is 0.00692. The van der Waals surface area contributed by atoms with Crippen LogP contribution in [-0.2, 0) is 4.79 Å². The van der Waals surface area contributed by atoms with Crippen LogP contribution in [0.25, 0.3) is 6.08 Å². The van der Waals surface area contributed by atoms with Crippen LogP contribution in [0.15, 0.2) is 30.3 Å². The van der Waals surface area contributed by atoms with Gasteiger partial charge in [0, 0.05) is 32.2 Å². The lowest BCUT2D eigenvalue weighted by Gasteiger charge is -2.19. The Morgan fingerprint density at radius 3 is 2.78 bits per heavy atom. The molecule has 0 aromatic heterocycles. The summed E-state index contributed by atoms with van der Waals surface area (Å²) >= 11 is 0. The molecule has 0 atom stereocenters. The fourth-order valence-corrected chi connectivity index (χ4v) is 2.26. The van der Waals surface area contributed by atoms with Gasteiger partial charge < -0.3 is 10.2 Å². The van der Waals surface area contributed by atoms with E-state index in [1.807, 2.05) is 6.08 Å². The molecule has 0 radical (unpaired) electrons. The largest absolute Gasteiger partial charge is 0.371 e. The Kier molecular flexibility index (Phi) is 4.40. The van der Waals surface area contributed by atoms with Crippen molar-refractivity contribution in [2.24, 2.45) is 0 Å². The van der Waals surface area contributed by atoms with E-state index in [1.54, 1.807) is 0 Å². The number of benzene rings is 1. The monoisotopic (exact) mass is 244 g/mol. The van der Waals surface area contributed by atoms with Crippen LogP contribution in [0.5, 0.6) is 0 Å². The summed E-state index contributed by atoms with van der Waals surface area (Å²) in [6.07, 6.45) is 6.65. The summed E-state index contributed by atoms with van der Waals surface area (Å²) in [5.41, 5.74) is 2.53. The highest BCUT2D eigenvalue weighted by atomic mass is 16.1. The van der Waals surface area contributed by atoms with Gasteiger partial charge in [-0.2, -0.15) is 0 Å². The summed E-state index contributed by atoms with van der Waals surface area (Å²) in [4.78, 5) is 13.2. The Morgan fingerprint density at radius 2 is 2.06 bits per heavy atom. The fraction of sp³-hybridized carbons (Fsp3) is 0.400. The van der Waals surface area contributed by atoms with Gasteiger partial charge in [-0.05, 0) is 24.5 Å². The minimum absolute atomic E-state index is 0.00692. The molecular weight excluding hydrogens is 224 g/mol. The highest BCUT2D eigenvalue weighted by molar-refractivity contribution is 5.73. The lowest BCUT2D eigenvalue weighted by Crippen LogP contribution is -2.19. The van der Waals surface area contributed by atoms with Gasteiger partial charge in [-0.25, -0.2) is 0 Å². The summed E-state index contributed by atoms with van der Waals surface area (Å²) in [6, 6.07) is 8.43. The molecule has 2 rings (SSSR count). The Hall–Kier alpha value is -1.77. The fourth-order valence-electron chi connectivity index (χ4n) is 2.26. The van der Waals surface area contributed by atoms with Crippen molar-refractivity contribution in [1.29, 1.82) is 0 Å². The second-order valence-electron chi connectivity index (χ2n) is 4.59. The zero-order chi connectivity index (χ0) is 12.8. The van der Waals surface area contributed by atoms with Crippen molar-refractivity contribution in [3.05, 3.63) is 35.9 Å². The molecule has 1 aliphatic heterocycles. The third kappa shape index (κ3) is 3.36. The summed E-state index contributed by atoms with van der Waals surface area (Å²) in [7, 11) is 0. The van der Waals surface area contributed by atoms with Gasteiger partial charge >= 0.3 is 0 Å². The van der Waals surface area contributed by atoms with Crippen LogP contribution in [0.1, 0.15) is 25.3 Å². The summed E-state index contributed by atoms with van der Waals surface area (Å²) in [5, 5.41) is 2.77. The second kappa shape index (κ2) is 6.24. The van der Waals surface area contributed by atoms with Crippen LogP contribution in [0, 0.1) is 0 Å². The number of carbonyl (C=O) groups excluding carboxylic acids is 1. The lowest BCUT2D eigenvalue weighted by atomic mass is 10.1. The minimum atomic E-state index is 0.00692. The Morgan fingerprint density at radius 1 is 1.33 bits per heavy atom. The molecular formula is C15H20N2O. The Bertz CT molecular complexity index is 434. The third-order valence-electron chi connectivity index (χ3n) is 3.15. The number of anilines is 1. The van der Waals surface area contributed by atoms with Crippen molar-refractivity contribution in [2.45, 2.75) is 19.8 Å². The molecule has 0 saturated carbocycles. The van der Waals surface area contributed by atoms with E-state index in [0.29, 0.717) is 6.54 Å². The molecule has 1 fully saturated rings. The van der Waals surface area contributed by atoms with Gasteiger partial charge in [-0.3, -0.25) is 4.79 Å². The zero-order valence-electron chi connectivity index (χ0n) is 10.9. The van der Waals surface area contributed by atoms with E-state index in [0.717, 1.165) is 13.1 Å². The van der Waals surface area contributed by atoms with Gasteiger partial charge in [-0.1, -0.05) is 30.4 Å². The van der Waals surface area contributed by atoms with E-state index in [-0.39, 0.29) is 5.91 Å². The van der Waals surface area contributed by atoms with Crippen LogP contribution in [0.2, 0.25) is 0 Å². The number of nitrogens with zero attached hydrogens (tertiary/aromatic N) is 1. The molecule has 0 bridgehead atoms. The molecule has 1 saturated heterocycles. The standard InChI is InChI=1S/C15H20N2O/c1-13(18)16-10-6-8-14-7-2-3-9-15(14)17-11-4-5-12-17/h2-3,6-9H,4-5,10-12H2,1H3,(H,16,18). The normalized spacial score (nSPS) is 15.3. The van der Waals surface area contributed by atoms with Gasteiger partial charge in [0.15, 0.2) is 0 Å². The van der Waals surface area contributed by atoms with Crippen LogP contribution < -0.4 is 10.2 Å². The molecule has 1 aromatic rings. The van der Waals surface area contributed by atoms with Gasteiger partial charge in [0.1, 0.15) is 0 Å². The SMILES string of the molecule is CC(=O)NCC=Cc1ccccc1N1CCCC1. The van der Waals surface area contributed by atoms with Gasteiger partial charge in [0.2, 0.25) is 5.91 Å². The van der Waals surface area contributed by atoms with Crippen molar-refractivity contribution < 1.29 is 4.79 Å². The predicted octanol–water partition coefficient (Wildman–Crippen LogP) is 2.44.